The second-order valence-electron chi connectivity index (χ2n) is 7.18. The van der Waals surface area contributed by atoms with Gasteiger partial charge >= 0.3 is 0 Å². The van der Waals surface area contributed by atoms with Gasteiger partial charge in [0.15, 0.2) is 0 Å². The van der Waals surface area contributed by atoms with Crippen molar-refractivity contribution in [1.29, 1.82) is 0 Å². The van der Waals surface area contributed by atoms with Crippen LogP contribution in [0.1, 0.15) is 46.0 Å². The van der Waals surface area contributed by atoms with Crippen molar-refractivity contribution in [3.63, 3.8) is 0 Å². The van der Waals surface area contributed by atoms with Crippen LogP contribution in [0.15, 0.2) is 24.3 Å². The molecule has 0 radical (unpaired) electrons. The first kappa shape index (κ1) is 17.8. The minimum atomic E-state index is -0.281. The van der Waals surface area contributed by atoms with Gasteiger partial charge in [0.1, 0.15) is 5.75 Å². The summed E-state index contributed by atoms with van der Waals surface area (Å²) in [6, 6.07) is 7.78. The molecule has 1 heterocycles. The third-order valence-corrected chi connectivity index (χ3v) is 5.39. The summed E-state index contributed by atoms with van der Waals surface area (Å²) >= 11 is 0. The molecule has 3 atom stereocenters. The van der Waals surface area contributed by atoms with Crippen LogP contribution in [0.25, 0.3) is 0 Å². The SMILES string of the molecule is CCOc1ccccc1N1CC(C(=O)NC2CCCCC2C)CC1=O. The van der Waals surface area contributed by atoms with Crippen LogP contribution in [0.2, 0.25) is 0 Å². The monoisotopic (exact) mass is 344 g/mol. The van der Waals surface area contributed by atoms with E-state index in [1.165, 1.54) is 19.3 Å². The molecule has 5 nitrogen and oxygen atoms in total. The quantitative estimate of drug-likeness (QED) is 0.893. The molecule has 3 rings (SSSR count). The molecule has 5 heteroatoms. The maximum Gasteiger partial charge on any atom is 0.227 e. The van der Waals surface area contributed by atoms with Gasteiger partial charge in [-0.25, -0.2) is 0 Å². The van der Waals surface area contributed by atoms with Gasteiger partial charge in [-0.3, -0.25) is 9.59 Å². The lowest BCUT2D eigenvalue weighted by molar-refractivity contribution is -0.127. The molecule has 25 heavy (non-hydrogen) atoms. The zero-order valence-corrected chi connectivity index (χ0v) is 15.2. The molecule has 1 aromatic carbocycles. The van der Waals surface area contributed by atoms with E-state index in [0.29, 0.717) is 24.8 Å². The third-order valence-electron chi connectivity index (χ3n) is 5.39. The first-order valence-corrected chi connectivity index (χ1v) is 9.42. The van der Waals surface area contributed by atoms with Gasteiger partial charge in [0.05, 0.1) is 18.2 Å². The van der Waals surface area contributed by atoms with Crippen molar-refractivity contribution < 1.29 is 14.3 Å². The first-order valence-electron chi connectivity index (χ1n) is 9.42. The van der Waals surface area contributed by atoms with Gasteiger partial charge in [-0.15, -0.1) is 0 Å². The minimum Gasteiger partial charge on any atom is -0.492 e. The molecular weight excluding hydrogens is 316 g/mol. The number of carbonyl (C=O) groups excluding carboxylic acids is 2. The number of rotatable bonds is 5. The largest absolute Gasteiger partial charge is 0.492 e. The average molecular weight is 344 g/mol. The number of carbonyl (C=O) groups is 2. The van der Waals surface area contributed by atoms with E-state index in [1.807, 2.05) is 31.2 Å². The Morgan fingerprint density at radius 2 is 2.04 bits per heavy atom. The molecule has 1 saturated carbocycles. The first-order chi connectivity index (χ1) is 12.1. The highest BCUT2D eigenvalue weighted by atomic mass is 16.5. The zero-order valence-electron chi connectivity index (χ0n) is 15.2. The van der Waals surface area contributed by atoms with Gasteiger partial charge in [-0.05, 0) is 37.8 Å². The fraction of sp³-hybridized carbons (Fsp3) is 0.600. The van der Waals surface area contributed by atoms with Crippen LogP contribution in [0.5, 0.6) is 5.75 Å². The predicted octanol–water partition coefficient (Wildman–Crippen LogP) is 3.13. The molecule has 2 aliphatic rings. The second kappa shape index (κ2) is 7.89. The Labute approximate surface area is 149 Å². The number of nitrogens with zero attached hydrogens (tertiary/aromatic N) is 1. The van der Waals surface area contributed by atoms with E-state index in [-0.39, 0.29) is 30.2 Å². The molecule has 1 aliphatic carbocycles. The summed E-state index contributed by atoms with van der Waals surface area (Å²) in [5.41, 5.74) is 0.760. The van der Waals surface area contributed by atoms with E-state index in [2.05, 4.69) is 12.2 Å². The fourth-order valence-corrected chi connectivity index (χ4v) is 3.91. The lowest BCUT2D eigenvalue weighted by Gasteiger charge is -2.30. The number of nitrogens with one attached hydrogen (secondary N) is 1. The van der Waals surface area contributed by atoms with E-state index < -0.39 is 0 Å². The maximum absolute atomic E-state index is 12.7. The highest BCUT2D eigenvalue weighted by Crippen LogP contribution is 2.33. The Hall–Kier alpha value is -2.04. The second-order valence-corrected chi connectivity index (χ2v) is 7.18. The molecule has 1 saturated heterocycles. The van der Waals surface area contributed by atoms with Crippen molar-refractivity contribution >= 4 is 17.5 Å². The average Bonchev–Trinajstić information content (AvgIpc) is 2.99. The van der Waals surface area contributed by atoms with Crippen molar-refractivity contribution in [3.8, 4) is 5.75 Å². The number of amides is 2. The third kappa shape index (κ3) is 3.97. The number of anilines is 1. The highest BCUT2D eigenvalue weighted by molar-refractivity contribution is 6.01. The summed E-state index contributed by atoms with van der Waals surface area (Å²) in [4.78, 5) is 26.9. The lowest BCUT2D eigenvalue weighted by Crippen LogP contribution is -2.44. The molecule has 0 aromatic heterocycles. The van der Waals surface area contributed by atoms with Crippen LogP contribution in [0, 0.1) is 11.8 Å². The van der Waals surface area contributed by atoms with Crippen molar-refractivity contribution in [2.24, 2.45) is 11.8 Å². The van der Waals surface area contributed by atoms with Crippen LogP contribution in [-0.4, -0.2) is 31.0 Å². The van der Waals surface area contributed by atoms with Crippen LogP contribution >= 0.6 is 0 Å². The Kier molecular flexibility index (Phi) is 5.61. The van der Waals surface area contributed by atoms with Gasteiger partial charge in [-0.1, -0.05) is 31.9 Å². The van der Waals surface area contributed by atoms with Crippen LogP contribution in [0.3, 0.4) is 0 Å². The summed E-state index contributed by atoms with van der Waals surface area (Å²) < 4.78 is 5.63. The minimum absolute atomic E-state index is 0.0102. The Morgan fingerprint density at radius 1 is 1.28 bits per heavy atom. The normalized spacial score (nSPS) is 26.6. The molecule has 136 valence electrons. The van der Waals surface area contributed by atoms with Gasteiger partial charge in [0.25, 0.3) is 0 Å². The molecule has 1 aromatic rings. The number of benzene rings is 1. The van der Waals surface area contributed by atoms with Crippen molar-refractivity contribution in [2.45, 2.75) is 52.0 Å². The topological polar surface area (TPSA) is 58.6 Å². The molecule has 2 amide bonds. The summed E-state index contributed by atoms with van der Waals surface area (Å²) in [5, 5.41) is 3.19. The van der Waals surface area contributed by atoms with Crippen LogP contribution in [0.4, 0.5) is 5.69 Å². The number of ether oxygens (including phenoxy) is 1. The predicted molar refractivity (Wildman–Crippen MR) is 97.6 cm³/mol. The number of para-hydroxylation sites is 2. The molecule has 1 N–H and O–H groups in total. The molecule has 0 bridgehead atoms. The Bertz CT molecular complexity index is 631. The highest BCUT2D eigenvalue weighted by Gasteiger charge is 2.37. The fourth-order valence-electron chi connectivity index (χ4n) is 3.91. The van der Waals surface area contributed by atoms with Crippen molar-refractivity contribution in [3.05, 3.63) is 24.3 Å². The number of hydrogen-bond donors (Lipinski definition) is 1. The van der Waals surface area contributed by atoms with Crippen LogP contribution < -0.4 is 15.0 Å². The van der Waals surface area contributed by atoms with E-state index in [1.54, 1.807) is 4.90 Å². The summed E-state index contributed by atoms with van der Waals surface area (Å²) in [7, 11) is 0. The van der Waals surface area contributed by atoms with Crippen LogP contribution in [-0.2, 0) is 9.59 Å². The zero-order chi connectivity index (χ0) is 17.8. The molecule has 2 fully saturated rings. The molecule has 0 spiro atoms. The van der Waals surface area contributed by atoms with Gasteiger partial charge < -0.3 is 15.0 Å². The van der Waals surface area contributed by atoms with E-state index in [0.717, 1.165) is 12.1 Å². The lowest BCUT2D eigenvalue weighted by atomic mass is 9.85. The van der Waals surface area contributed by atoms with E-state index in [9.17, 15) is 9.59 Å². The summed E-state index contributed by atoms with van der Waals surface area (Å²) in [6.07, 6.45) is 4.91. The standard InChI is InChI=1S/C20H28N2O3/c1-3-25-18-11-7-6-10-17(18)22-13-15(12-19(22)23)20(24)21-16-9-5-4-8-14(16)2/h6-7,10-11,14-16H,3-5,8-9,12-13H2,1-2H3,(H,21,24). The number of hydrogen-bond acceptors (Lipinski definition) is 3. The Morgan fingerprint density at radius 3 is 2.80 bits per heavy atom. The van der Waals surface area contributed by atoms with E-state index >= 15 is 0 Å². The molecule has 1 aliphatic heterocycles. The Balaban J connectivity index is 1.67. The van der Waals surface area contributed by atoms with E-state index in [4.69, 9.17) is 4.74 Å². The van der Waals surface area contributed by atoms with Gasteiger partial charge in [0.2, 0.25) is 11.8 Å². The molecule has 3 unspecified atom stereocenters. The smallest absolute Gasteiger partial charge is 0.227 e. The maximum atomic E-state index is 12.7. The molecular formula is C20H28N2O3. The van der Waals surface area contributed by atoms with Crippen molar-refractivity contribution in [1.82, 2.24) is 5.32 Å². The van der Waals surface area contributed by atoms with Gasteiger partial charge in [0, 0.05) is 19.0 Å². The van der Waals surface area contributed by atoms with Crippen molar-refractivity contribution in [2.75, 3.05) is 18.1 Å². The summed E-state index contributed by atoms with van der Waals surface area (Å²) in [6.45, 7) is 5.09. The van der Waals surface area contributed by atoms with Gasteiger partial charge in [-0.2, -0.15) is 0 Å². The summed E-state index contributed by atoms with van der Waals surface area (Å²) in [5.74, 6) is 0.939.